The molecule has 3 rings (SSSR count). The van der Waals surface area contributed by atoms with Crippen LogP contribution in [0.2, 0.25) is 0 Å². The molecule has 2 N–H and O–H groups in total. The van der Waals surface area contributed by atoms with Crippen LogP contribution < -0.4 is 16.2 Å². The normalized spacial score (nSPS) is 10.8. The van der Waals surface area contributed by atoms with Gasteiger partial charge in [0.1, 0.15) is 11.4 Å². The SMILES string of the molecule is COCCOC(=O)Nc1cccc(NC(=O)CCn2cnc3sc(C)c(C)c3c2=O)c1. The molecule has 3 aromatic rings. The van der Waals surface area contributed by atoms with Crippen molar-refractivity contribution in [2.45, 2.75) is 26.8 Å². The Kier molecular flexibility index (Phi) is 7.37. The molecular weight excluding hydrogens is 420 g/mol. The van der Waals surface area contributed by atoms with E-state index < -0.39 is 6.09 Å². The highest BCUT2D eigenvalue weighted by Crippen LogP contribution is 2.25. The smallest absolute Gasteiger partial charge is 0.411 e. The van der Waals surface area contributed by atoms with Gasteiger partial charge in [-0.15, -0.1) is 11.3 Å². The van der Waals surface area contributed by atoms with Crippen molar-refractivity contribution in [2.75, 3.05) is 31.0 Å². The monoisotopic (exact) mass is 444 g/mol. The summed E-state index contributed by atoms with van der Waals surface area (Å²) in [5.74, 6) is -0.259. The number of aromatic nitrogens is 2. The van der Waals surface area contributed by atoms with Crippen LogP contribution in [-0.4, -0.2) is 41.9 Å². The molecule has 0 saturated carbocycles. The van der Waals surface area contributed by atoms with Crippen LogP contribution in [0, 0.1) is 13.8 Å². The molecule has 10 heteroatoms. The van der Waals surface area contributed by atoms with Crippen LogP contribution >= 0.6 is 11.3 Å². The summed E-state index contributed by atoms with van der Waals surface area (Å²) in [7, 11) is 1.52. The van der Waals surface area contributed by atoms with Crippen LogP contribution in [0.1, 0.15) is 16.9 Å². The van der Waals surface area contributed by atoms with Gasteiger partial charge in [0, 0.05) is 36.3 Å². The first kappa shape index (κ1) is 22.4. The van der Waals surface area contributed by atoms with E-state index >= 15 is 0 Å². The van der Waals surface area contributed by atoms with Crippen LogP contribution in [0.3, 0.4) is 0 Å². The van der Waals surface area contributed by atoms with E-state index in [1.54, 1.807) is 24.3 Å². The highest BCUT2D eigenvalue weighted by molar-refractivity contribution is 7.18. The first-order valence-electron chi connectivity index (χ1n) is 9.67. The van der Waals surface area contributed by atoms with Gasteiger partial charge in [0.25, 0.3) is 5.56 Å². The Morgan fingerprint density at radius 3 is 2.65 bits per heavy atom. The van der Waals surface area contributed by atoms with E-state index in [0.717, 1.165) is 10.4 Å². The average molecular weight is 445 g/mol. The Morgan fingerprint density at radius 1 is 1.16 bits per heavy atom. The van der Waals surface area contributed by atoms with Crippen molar-refractivity contribution in [1.29, 1.82) is 0 Å². The van der Waals surface area contributed by atoms with Gasteiger partial charge in [-0.3, -0.25) is 19.5 Å². The first-order valence-corrected chi connectivity index (χ1v) is 10.5. The Hall–Kier alpha value is -3.24. The quantitative estimate of drug-likeness (QED) is 0.516. The number of hydrogen-bond donors (Lipinski definition) is 2. The molecule has 0 bridgehead atoms. The van der Waals surface area contributed by atoms with Crippen LogP contribution in [0.25, 0.3) is 10.2 Å². The van der Waals surface area contributed by atoms with Crippen molar-refractivity contribution in [3.8, 4) is 0 Å². The van der Waals surface area contributed by atoms with E-state index in [2.05, 4.69) is 15.6 Å². The van der Waals surface area contributed by atoms with Crippen molar-refractivity contribution < 1.29 is 19.1 Å². The van der Waals surface area contributed by atoms with E-state index in [0.29, 0.717) is 28.2 Å². The minimum Gasteiger partial charge on any atom is -0.447 e. The lowest BCUT2D eigenvalue weighted by atomic mass is 10.2. The predicted molar refractivity (Wildman–Crippen MR) is 120 cm³/mol. The lowest BCUT2D eigenvalue weighted by Crippen LogP contribution is -2.23. The summed E-state index contributed by atoms with van der Waals surface area (Å²) < 4.78 is 11.2. The average Bonchev–Trinajstić information content (AvgIpc) is 3.02. The molecule has 1 aromatic carbocycles. The molecule has 0 unspecified atom stereocenters. The molecule has 0 saturated heterocycles. The molecule has 0 aliphatic rings. The zero-order valence-electron chi connectivity index (χ0n) is 17.6. The molecule has 31 heavy (non-hydrogen) atoms. The number of rotatable bonds is 8. The van der Waals surface area contributed by atoms with Gasteiger partial charge in [-0.2, -0.15) is 0 Å². The summed E-state index contributed by atoms with van der Waals surface area (Å²) >= 11 is 1.49. The molecule has 0 radical (unpaired) electrons. The van der Waals surface area contributed by atoms with Gasteiger partial charge in [-0.1, -0.05) is 6.07 Å². The molecule has 2 heterocycles. The highest BCUT2D eigenvalue weighted by atomic mass is 32.1. The maximum Gasteiger partial charge on any atom is 0.411 e. The number of nitrogens with zero attached hydrogens (tertiary/aromatic N) is 2. The third-order valence-corrected chi connectivity index (χ3v) is 5.76. The summed E-state index contributed by atoms with van der Waals surface area (Å²) in [5, 5.41) is 5.96. The molecule has 164 valence electrons. The zero-order valence-corrected chi connectivity index (χ0v) is 18.4. The number of thiophene rings is 1. The van der Waals surface area contributed by atoms with Crippen LogP contribution in [0.5, 0.6) is 0 Å². The second-order valence-corrected chi connectivity index (χ2v) is 8.04. The van der Waals surface area contributed by atoms with Gasteiger partial charge < -0.3 is 14.8 Å². The minimum atomic E-state index is -0.609. The molecule has 0 aliphatic heterocycles. The van der Waals surface area contributed by atoms with E-state index in [4.69, 9.17) is 9.47 Å². The number of nitrogens with one attached hydrogen (secondary N) is 2. The molecular formula is C21H24N4O5S. The maximum atomic E-state index is 12.7. The number of amides is 2. The topological polar surface area (TPSA) is 112 Å². The molecule has 0 aliphatic carbocycles. The molecule has 0 atom stereocenters. The summed E-state index contributed by atoms with van der Waals surface area (Å²) in [6.07, 6.45) is 0.973. The Labute approximate surface area is 183 Å². The number of ether oxygens (including phenoxy) is 2. The summed E-state index contributed by atoms with van der Waals surface area (Å²) in [4.78, 5) is 42.9. The van der Waals surface area contributed by atoms with Crippen molar-refractivity contribution in [3.63, 3.8) is 0 Å². The standard InChI is InChI=1S/C21H24N4O5S/c1-13-14(2)31-19-18(13)20(27)25(12-22-19)8-7-17(26)23-15-5-4-6-16(11-15)24-21(28)30-10-9-29-3/h4-6,11-12H,7-10H2,1-3H3,(H,23,26)(H,24,28). The number of hydrogen-bond acceptors (Lipinski definition) is 7. The molecule has 2 aromatic heterocycles. The largest absolute Gasteiger partial charge is 0.447 e. The minimum absolute atomic E-state index is 0.103. The Bertz CT molecular complexity index is 1150. The number of fused-ring (bicyclic) bond motifs is 1. The van der Waals surface area contributed by atoms with E-state index in [-0.39, 0.29) is 31.0 Å². The third-order valence-electron chi connectivity index (χ3n) is 4.65. The fraction of sp³-hybridized carbons (Fsp3) is 0.333. The first-order chi connectivity index (χ1) is 14.9. The zero-order chi connectivity index (χ0) is 22.4. The van der Waals surface area contributed by atoms with Crippen LogP contribution in [-0.2, 0) is 20.8 Å². The van der Waals surface area contributed by atoms with Crippen molar-refractivity contribution in [2.24, 2.45) is 0 Å². The molecule has 2 amide bonds. The third kappa shape index (κ3) is 5.68. The second-order valence-electron chi connectivity index (χ2n) is 6.84. The molecule has 0 fully saturated rings. The molecule has 0 spiro atoms. The number of anilines is 2. The number of methoxy groups -OCH3 is 1. The van der Waals surface area contributed by atoms with Gasteiger partial charge in [0.2, 0.25) is 5.91 Å². The van der Waals surface area contributed by atoms with Gasteiger partial charge in [-0.25, -0.2) is 9.78 Å². The van der Waals surface area contributed by atoms with E-state index in [1.165, 1.54) is 29.3 Å². The lowest BCUT2D eigenvalue weighted by molar-refractivity contribution is -0.116. The second kappa shape index (κ2) is 10.2. The van der Waals surface area contributed by atoms with Crippen molar-refractivity contribution in [3.05, 3.63) is 51.4 Å². The summed E-state index contributed by atoms with van der Waals surface area (Å²) in [5.41, 5.74) is 1.79. The maximum absolute atomic E-state index is 12.7. The lowest BCUT2D eigenvalue weighted by Gasteiger charge is -2.10. The van der Waals surface area contributed by atoms with Crippen molar-refractivity contribution in [1.82, 2.24) is 9.55 Å². The molecule has 9 nitrogen and oxygen atoms in total. The Balaban J connectivity index is 1.58. The number of benzene rings is 1. The number of carbonyl (C=O) groups is 2. The Morgan fingerprint density at radius 2 is 1.90 bits per heavy atom. The van der Waals surface area contributed by atoms with Gasteiger partial charge >= 0.3 is 6.09 Å². The summed E-state index contributed by atoms with van der Waals surface area (Å²) in [6.45, 7) is 4.53. The fourth-order valence-electron chi connectivity index (χ4n) is 2.92. The fourth-order valence-corrected chi connectivity index (χ4v) is 3.91. The van der Waals surface area contributed by atoms with Crippen LogP contribution in [0.4, 0.5) is 16.2 Å². The van der Waals surface area contributed by atoms with E-state index in [9.17, 15) is 14.4 Å². The van der Waals surface area contributed by atoms with E-state index in [1.807, 2.05) is 13.8 Å². The van der Waals surface area contributed by atoms with Crippen molar-refractivity contribution >= 4 is 44.9 Å². The number of carbonyl (C=O) groups excluding carboxylic acids is 2. The summed E-state index contributed by atoms with van der Waals surface area (Å²) in [6, 6.07) is 6.70. The predicted octanol–water partition coefficient (Wildman–Crippen LogP) is 3.30. The van der Waals surface area contributed by atoms with Gasteiger partial charge in [0.05, 0.1) is 18.3 Å². The number of aryl methyl sites for hydroxylation is 3. The van der Waals surface area contributed by atoms with Crippen LogP contribution in [0.15, 0.2) is 35.4 Å². The highest BCUT2D eigenvalue weighted by Gasteiger charge is 2.13. The van der Waals surface area contributed by atoms with Gasteiger partial charge in [-0.05, 0) is 37.6 Å². The van der Waals surface area contributed by atoms with Gasteiger partial charge in [0.15, 0.2) is 0 Å².